The molecular formula is C62H104O20. The predicted octanol–water partition coefficient (Wildman–Crippen LogP) is 11.3. The molecule has 20 heteroatoms. The Hall–Kier alpha value is -4.85. The van der Waals surface area contributed by atoms with Crippen molar-refractivity contribution in [2.45, 2.75) is 323 Å². The first-order chi connectivity index (χ1) is 39.1. The lowest BCUT2D eigenvalue weighted by Gasteiger charge is -2.50. The fraction of sp³-hybridized carbons (Fsp3) is 0.855. The van der Waals surface area contributed by atoms with E-state index >= 15 is 0 Å². The minimum atomic E-state index is -1.98. The number of hydrogen-bond donors (Lipinski definition) is 0. The highest BCUT2D eigenvalue weighted by Crippen LogP contribution is 2.38. The molecule has 2 fully saturated rings. The minimum Gasteiger partial charge on any atom is -0.463 e. The van der Waals surface area contributed by atoms with E-state index in [1.54, 1.807) is 0 Å². The van der Waals surface area contributed by atoms with E-state index in [9.17, 15) is 43.2 Å². The summed E-state index contributed by atoms with van der Waals surface area (Å²) in [6, 6.07) is 0. The molecule has 0 amide bonds. The van der Waals surface area contributed by atoms with Gasteiger partial charge < -0.3 is 52.1 Å². The second-order valence-electron chi connectivity index (χ2n) is 22.7. The molecule has 82 heavy (non-hydrogen) atoms. The zero-order chi connectivity index (χ0) is 61.0. The summed E-state index contributed by atoms with van der Waals surface area (Å²) in [7, 11) is 0. The summed E-state index contributed by atoms with van der Waals surface area (Å²) in [6.07, 6.45) is 8.86. The van der Waals surface area contributed by atoms with Crippen molar-refractivity contribution in [2.75, 3.05) is 6.61 Å². The van der Waals surface area contributed by atoms with Crippen LogP contribution in [0, 0.1) is 11.8 Å². The van der Waals surface area contributed by atoms with Crippen molar-refractivity contribution in [2.24, 2.45) is 11.8 Å². The number of unbranched alkanes of at least 4 members (excludes halogenated alkanes) is 18. The smallest absolute Gasteiger partial charge is 0.306 e. The molecule has 11 unspecified atom stereocenters. The van der Waals surface area contributed by atoms with Gasteiger partial charge in [-0.2, -0.15) is 0 Å². The highest BCUT2D eigenvalue weighted by atomic mass is 16.8. The maximum Gasteiger partial charge on any atom is 0.306 e. The lowest BCUT2D eigenvalue weighted by Crippen LogP contribution is -2.70. The molecule has 11 atom stereocenters. The van der Waals surface area contributed by atoms with Crippen molar-refractivity contribution in [1.82, 2.24) is 0 Å². The van der Waals surface area contributed by atoms with Gasteiger partial charge in [0.15, 0.2) is 55.1 Å². The molecule has 0 bridgehead atoms. The average Bonchev–Trinajstić information content (AvgIpc) is 3.25. The SMILES string of the molecule is CCCCCCCCC(C)CCCCCCCC(=O)OCC1OC(OC2C(OC(C)=O)C(OC(C)=O)C(OC(C)=O)C(OC(C)=O)C2OC(C)=O)C(OC(C)=O)C(OC(C)=O)C1OC(=O)CCCCCCCC(C)CCCCCCCC. The zero-order valence-electron chi connectivity index (χ0n) is 51.7. The third-order valence-corrected chi connectivity index (χ3v) is 14.9. The molecule has 20 nitrogen and oxygen atoms in total. The Morgan fingerprint density at radius 2 is 0.610 bits per heavy atom. The summed E-state index contributed by atoms with van der Waals surface area (Å²) in [5.41, 5.74) is 0. The van der Waals surface area contributed by atoms with Crippen molar-refractivity contribution in [3.63, 3.8) is 0 Å². The highest BCUT2D eigenvalue weighted by molar-refractivity contribution is 5.72. The van der Waals surface area contributed by atoms with Crippen molar-refractivity contribution >= 4 is 53.7 Å². The molecule has 1 aliphatic heterocycles. The van der Waals surface area contributed by atoms with Gasteiger partial charge >= 0.3 is 53.7 Å². The number of carbonyl (C=O) groups is 9. The predicted molar refractivity (Wildman–Crippen MR) is 302 cm³/mol. The Kier molecular flexibility index (Phi) is 37.5. The van der Waals surface area contributed by atoms with Gasteiger partial charge in [0.05, 0.1) is 0 Å². The van der Waals surface area contributed by atoms with Crippen LogP contribution in [0.25, 0.3) is 0 Å². The van der Waals surface area contributed by atoms with Gasteiger partial charge in [-0.15, -0.1) is 0 Å². The summed E-state index contributed by atoms with van der Waals surface area (Å²) >= 11 is 0. The molecule has 1 saturated carbocycles. The standard InChI is InChI=1S/C62H104O20/c1-12-14-16-18-22-28-34-41(3)36-30-24-20-26-32-38-51(70)72-40-50-53(81-52(71)39-33-27-21-25-31-37-42(4)35-29-23-19-17-15-13-2)54(73-43(5)63)61(79-49(11)69)62(80-50)82-60-58(77-47(9)67)56(75-45(7)65)55(74-44(6)64)57(76-46(8)66)59(60)78-48(10)68/h41-42,50,53-62H,12-40H2,1-11H3. The van der Waals surface area contributed by atoms with Gasteiger partial charge in [0.1, 0.15) is 18.8 Å². The third kappa shape index (κ3) is 30.6. The van der Waals surface area contributed by atoms with Crippen LogP contribution < -0.4 is 0 Å². The number of hydrogen-bond acceptors (Lipinski definition) is 20. The molecule has 472 valence electrons. The molecule has 1 saturated heterocycles. The van der Waals surface area contributed by atoms with Gasteiger partial charge in [-0.1, -0.05) is 182 Å². The first-order valence-electron chi connectivity index (χ1n) is 30.9. The number of ether oxygens (including phenoxy) is 11. The van der Waals surface area contributed by atoms with Gasteiger partial charge in [-0.25, -0.2) is 0 Å². The van der Waals surface area contributed by atoms with E-state index in [1.165, 1.54) is 89.9 Å². The Bertz CT molecular complexity index is 1860. The summed E-state index contributed by atoms with van der Waals surface area (Å²) in [5, 5.41) is 0. The molecule has 0 radical (unpaired) electrons. The fourth-order valence-electron chi connectivity index (χ4n) is 10.8. The van der Waals surface area contributed by atoms with Crippen LogP contribution in [-0.4, -0.2) is 128 Å². The summed E-state index contributed by atoms with van der Waals surface area (Å²) < 4.78 is 64.4. The van der Waals surface area contributed by atoms with Crippen molar-refractivity contribution in [1.29, 1.82) is 0 Å². The van der Waals surface area contributed by atoms with Crippen molar-refractivity contribution in [3.8, 4) is 0 Å². The number of rotatable bonds is 42. The lowest BCUT2D eigenvalue weighted by atomic mass is 9.83. The summed E-state index contributed by atoms with van der Waals surface area (Å²) in [5.74, 6) is -6.81. The third-order valence-electron chi connectivity index (χ3n) is 14.9. The summed E-state index contributed by atoms with van der Waals surface area (Å²) in [6.45, 7) is 15.5. The van der Waals surface area contributed by atoms with Crippen molar-refractivity contribution < 1.29 is 95.3 Å². The van der Waals surface area contributed by atoms with Crippen LogP contribution in [0.3, 0.4) is 0 Å². The van der Waals surface area contributed by atoms with E-state index < -0.39 is 128 Å². The first-order valence-corrected chi connectivity index (χ1v) is 30.9. The maximum atomic E-state index is 13.9. The van der Waals surface area contributed by atoms with Gasteiger partial charge in [0.25, 0.3) is 0 Å². The Labute approximate surface area is 489 Å². The highest BCUT2D eigenvalue weighted by Gasteiger charge is 2.62. The molecule has 0 aromatic heterocycles. The Balaban J connectivity index is 2.47. The van der Waals surface area contributed by atoms with Gasteiger partial charge in [-0.3, -0.25) is 43.2 Å². The number of carbonyl (C=O) groups excluding carboxylic acids is 9. The van der Waals surface area contributed by atoms with E-state index in [0.29, 0.717) is 24.7 Å². The molecule has 1 heterocycles. The largest absolute Gasteiger partial charge is 0.463 e. The second kappa shape index (κ2) is 42.0. The van der Waals surface area contributed by atoms with Gasteiger partial charge in [0.2, 0.25) is 0 Å². The quantitative estimate of drug-likeness (QED) is 0.0313. The van der Waals surface area contributed by atoms with E-state index in [4.69, 9.17) is 52.1 Å². The van der Waals surface area contributed by atoms with E-state index in [-0.39, 0.29) is 12.8 Å². The zero-order valence-corrected chi connectivity index (χ0v) is 51.7. The lowest BCUT2D eigenvalue weighted by molar-refractivity contribution is -0.343. The molecule has 0 aromatic carbocycles. The monoisotopic (exact) mass is 1170 g/mol. The summed E-state index contributed by atoms with van der Waals surface area (Å²) in [4.78, 5) is 117. The molecule has 2 rings (SSSR count). The molecule has 0 aromatic rings. The average molecular weight is 1170 g/mol. The van der Waals surface area contributed by atoms with Crippen LogP contribution in [0.2, 0.25) is 0 Å². The topological polar surface area (TPSA) is 255 Å². The molecule has 2 aliphatic rings. The number of esters is 9. The van der Waals surface area contributed by atoms with Crippen LogP contribution in [0.4, 0.5) is 0 Å². The van der Waals surface area contributed by atoms with Crippen LogP contribution in [-0.2, 0) is 95.3 Å². The molecule has 0 spiro atoms. The van der Waals surface area contributed by atoms with Gasteiger partial charge in [0, 0.05) is 61.3 Å². The Morgan fingerprint density at radius 3 is 0.951 bits per heavy atom. The van der Waals surface area contributed by atoms with E-state index in [2.05, 4.69) is 27.7 Å². The fourth-order valence-corrected chi connectivity index (χ4v) is 10.8. The molecule has 1 aliphatic carbocycles. The van der Waals surface area contributed by atoms with Crippen LogP contribution in [0.5, 0.6) is 0 Å². The molecule has 0 N–H and O–H groups in total. The van der Waals surface area contributed by atoms with Crippen LogP contribution in [0.1, 0.15) is 256 Å². The minimum absolute atomic E-state index is 0.0435. The molecular weight excluding hydrogens is 1060 g/mol. The second-order valence-corrected chi connectivity index (χ2v) is 22.7. The van der Waals surface area contributed by atoms with Gasteiger partial charge in [-0.05, 0) is 24.7 Å². The van der Waals surface area contributed by atoms with Crippen LogP contribution in [0.15, 0.2) is 0 Å². The Morgan fingerprint density at radius 1 is 0.329 bits per heavy atom. The van der Waals surface area contributed by atoms with E-state index in [0.717, 1.165) is 113 Å². The normalized spacial score (nSPS) is 24.0. The van der Waals surface area contributed by atoms with Crippen molar-refractivity contribution in [3.05, 3.63) is 0 Å². The van der Waals surface area contributed by atoms with Crippen LogP contribution >= 0.6 is 0 Å². The first kappa shape index (κ1) is 73.3. The maximum absolute atomic E-state index is 13.9. The van der Waals surface area contributed by atoms with E-state index in [1.807, 2.05) is 0 Å².